The SMILES string of the molecule is CN(c1cccc(C#N)c1)c1cccc(C#N)c1[N+](=O)[O-]. The van der Waals surface area contributed by atoms with Gasteiger partial charge in [0, 0.05) is 12.7 Å². The van der Waals surface area contributed by atoms with Gasteiger partial charge in [0.25, 0.3) is 0 Å². The van der Waals surface area contributed by atoms with Gasteiger partial charge < -0.3 is 4.90 Å². The van der Waals surface area contributed by atoms with Gasteiger partial charge in [-0.1, -0.05) is 12.1 Å². The van der Waals surface area contributed by atoms with E-state index in [9.17, 15) is 10.1 Å². The highest BCUT2D eigenvalue weighted by Gasteiger charge is 2.22. The largest absolute Gasteiger partial charge is 0.339 e. The maximum Gasteiger partial charge on any atom is 0.310 e. The predicted octanol–water partition coefficient (Wildman–Crippen LogP) is 3.11. The van der Waals surface area contributed by atoms with Crippen molar-refractivity contribution < 1.29 is 4.92 Å². The van der Waals surface area contributed by atoms with Crippen molar-refractivity contribution in [3.05, 3.63) is 63.7 Å². The highest BCUT2D eigenvalue weighted by Crippen LogP contribution is 2.34. The molecule has 2 aromatic carbocycles. The Bertz CT molecular complexity index is 787. The third kappa shape index (κ3) is 2.65. The lowest BCUT2D eigenvalue weighted by Gasteiger charge is -2.19. The molecule has 0 atom stereocenters. The summed E-state index contributed by atoms with van der Waals surface area (Å²) >= 11 is 0. The predicted molar refractivity (Wildman–Crippen MR) is 77.0 cm³/mol. The maximum absolute atomic E-state index is 11.2. The number of para-hydroxylation sites is 1. The topological polar surface area (TPSA) is 94.0 Å². The van der Waals surface area contributed by atoms with Crippen LogP contribution in [0.1, 0.15) is 11.1 Å². The minimum atomic E-state index is -0.571. The van der Waals surface area contributed by atoms with Gasteiger partial charge in [-0.05, 0) is 30.3 Å². The molecule has 102 valence electrons. The van der Waals surface area contributed by atoms with E-state index >= 15 is 0 Å². The highest BCUT2D eigenvalue weighted by molar-refractivity contribution is 5.75. The van der Waals surface area contributed by atoms with Gasteiger partial charge in [-0.15, -0.1) is 0 Å². The molecular weight excluding hydrogens is 268 g/mol. The Morgan fingerprint density at radius 2 is 1.86 bits per heavy atom. The molecule has 2 aromatic rings. The molecule has 0 bridgehead atoms. The summed E-state index contributed by atoms with van der Waals surface area (Å²) in [6.45, 7) is 0. The monoisotopic (exact) mass is 278 g/mol. The van der Waals surface area contributed by atoms with Crippen LogP contribution in [0.5, 0.6) is 0 Å². The first-order valence-electron chi connectivity index (χ1n) is 6.00. The molecule has 0 radical (unpaired) electrons. The first-order chi connectivity index (χ1) is 10.1. The van der Waals surface area contributed by atoms with Gasteiger partial charge in [0.05, 0.1) is 16.6 Å². The molecule has 0 amide bonds. The van der Waals surface area contributed by atoms with Crippen molar-refractivity contribution in [2.75, 3.05) is 11.9 Å². The smallest absolute Gasteiger partial charge is 0.310 e. The van der Waals surface area contributed by atoms with Gasteiger partial charge in [0.2, 0.25) is 0 Å². The van der Waals surface area contributed by atoms with Gasteiger partial charge in [0.15, 0.2) is 0 Å². The summed E-state index contributed by atoms with van der Waals surface area (Å²) in [5.41, 5.74) is 1.14. The molecule has 0 aromatic heterocycles. The number of hydrogen-bond donors (Lipinski definition) is 0. The number of benzene rings is 2. The van der Waals surface area contributed by atoms with E-state index in [1.165, 1.54) is 6.07 Å². The summed E-state index contributed by atoms with van der Waals surface area (Å²) in [6, 6.07) is 15.1. The van der Waals surface area contributed by atoms with Crippen molar-refractivity contribution in [3.8, 4) is 12.1 Å². The standard InChI is InChI=1S/C15H10N4O2/c1-18(13-6-2-4-11(8-13)9-16)14-7-3-5-12(10-17)15(14)19(20)21/h2-8H,1H3. The van der Waals surface area contributed by atoms with Crippen LogP contribution in [0.2, 0.25) is 0 Å². The molecule has 6 nitrogen and oxygen atoms in total. The van der Waals surface area contributed by atoms with E-state index in [0.717, 1.165) is 0 Å². The molecule has 2 rings (SSSR count). The van der Waals surface area contributed by atoms with Crippen molar-refractivity contribution in [3.63, 3.8) is 0 Å². The van der Waals surface area contributed by atoms with Crippen LogP contribution in [0, 0.1) is 32.8 Å². The minimum absolute atomic E-state index is 0.000729. The molecule has 0 aliphatic carbocycles. The quantitative estimate of drug-likeness (QED) is 0.635. The minimum Gasteiger partial charge on any atom is -0.339 e. The Morgan fingerprint density at radius 3 is 2.48 bits per heavy atom. The van der Waals surface area contributed by atoms with Crippen LogP contribution in [0.3, 0.4) is 0 Å². The molecule has 6 heteroatoms. The van der Waals surface area contributed by atoms with Crippen molar-refractivity contribution in [2.24, 2.45) is 0 Å². The molecule has 21 heavy (non-hydrogen) atoms. The summed E-state index contributed by atoms with van der Waals surface area (Å²) < 4.78 is 0. The maximum atomic E-state index is 11.2. The Hall–Kier alpha value is -3.38. The van der Waals surface area contributed by atoms with E-state index in [2.05, 4.69) is 0 Å². The number of anilines is 2. The number of nitrogens with zero attached hydrogens (tertiary/aromatic N) is 4. The molecule has 0 spiro atoms. The van der Waals surface area contributed by atoms with E-state index in [-0.39, 0.29) is 11.3 Å². The number of hydrogen-bond acceptors (Lipinski definition) is 5. The van der Waals surface area contributed by atoms with Crippen LogP contribution in [0.25, 0.3) is 0 Å². The second-order valence-corrected chi connectivity index (χ2v) is 4.26. The number of rotatable bonds is 3. The van der Waals surface area contributed by atoms with Crippen LogP contribution >= 0.6 is 0 Å². The highest BCUT2D eigenvalue weighted by atomic mass is 16.6. The first-order valence-corrected chi connectivity index (χ1v) is 6.00. The van der Waals surface area contributed by atoms with Crippen LogP contribution in [0.4, 0.5) is 17.1 Å². The summed E-state index contributed by atoms with van der Waals surface area (Å²) in [7, 11) is 1.65. The number of nitriles is 2. The molecule has 0 saturated heterocycles. The average Bonchev–Trinajstić information content (AvgIpc) is 2.53. The van der Waals surface area contributed by atoms with E-state index < -0.39 is 4.92 Å². The second kappa shape index (κ2) is 5.72. The molecule has 0 aliphatic heterocycles. The van der Waals surface area contributed by atoms with E-state index in [1.807, 2.05) is 12.1 Å². The van der Waals surface area contributed by atoms with Crippen LogP contribution in [0.15, 0.2) is 42.5 Å². The van der Waals surface area contributed by atoms with Gasteiger partial charge in [-0.2, -0.15) is 10.5 Å². The van der Waals surface area contributed by atoms with E-state index in [0.29, 0.717) is 16.9 Å². The van der Waals surface area contributed by atoms with Crippen molar-refractivity contribution in [1.29, 1.82) is 10.5 Å². The third-order valence-electron chi connectivity index (χ3n) is 3.04. The molecule has 0 heterocycles. The molecule has 0 N–H and O–H groups in total. The zero-order valence-electron chi connectivity index (χ0n) is 11.1. The van der Waals surface area contributed by atoms with Gasteiger partial charge in [0.1, 0.15) is 17.3 Å². The fraction of sp³-hybridized carbons (Fsp3) is 0.0667. The Morgan fingerprint density at radius 1 is 1.14 bits per heavy atom. The van der Waals surface area contributed by atoms with Crippen molar-refractivity contribution in [1.82, 2.24) is 0 Å². The van der Waals surface area contributed by atoms with Crippen LogP contribution in [-0.4, -0.2) is 12.0 Å². The third-order valence-corrected chi connectivity index (χ3v) is 3.04. The zero-order chi connectivity index (χ0) is 15.4. The lowest BCUT2D eigenvalue weighted by molar-refractivity contribution is -0.384. The molecule has 0 unspecified atom stereocenters. The summed E-state index contributed by atoms with van der Waals surface area (Å²) in [4.78, 5) is 12.2. The fourth-order valence-electron chi connectivity index (χ4n) is 2.01. The first kappa shape index (κ1) is 14.0. The number of nitro benzene ring substituents is 1. The van der Waals surface area contributed by atoms with Crippen molar-refractivity contribution in [2.45, 2.75) is 0 Å². The lowest BCUT2D eigenvalue weighted by Crippen LogP contribution is -2.12. The second-order valence-electron chi connectivity index (χ2n) is 4.26. The van der Waals surface area contributed by atoms with Gasteiger partial charge >= 0.3 is 5.69 Å². The molecule has 0 aliphatic rings. The Kier molecular flexibility index (Phi) is 3.83. The lowest BCUT2D eigenvalue weighted by atomic mass is 10.1. The van der Waals surface area contributed by atoms with E-state index in [1.54, 1.807) is 48.3 Å². The van der Waals surface area contributed by atoms with Gasteiger partial charge in [-0.3, -0.25) is 10.1 Å². The molecule has 0 saturated carbocycles. The molecular formula is C15H10N4O2. The molecule has 0 fully saturated rings. The van der Waals surface area contributed by atoms with Crippen LogP contribution in [-0.2, 0) is 0 Å². The zero-order valence-corrected chi connectivity index (χ0v) is 11.1. The average molecular weight is 278 g/mol. The Balaban J connectivity index is 2.59. The van der Waals surface area contributed by atoms with Crippen LogP contribution < -0.4 is 4.90 Å². The van der Waals surface area contributed by atoms with Crippen molar-refractivity contribution >= 4 is 17.1 Å². The summed E-state index contributed by atoms with van der Waals surface area (Å²) in [5, 5.41) is 29.2. The summed E-state index contributed by atoms with van der Waals surface area (Å²) in [5.74, 6) is 0. The fourth-order valence-corrected chi connectivity index (χ4v) is 2.01. The summed E-state index contributed by atoms with van der Waals surface area (Å²) in [6.07, 6.45) is 0. The Labute approximate surface area is 121 Å². The van der Waals surface area contributed by atoms with E-state index in [4.69, 9.17) is 10.5 Å². The number of nitro groups is 1. The van der Waals surface area contributed by atoms with Gasteiger partial charge in [-0.25, -0.2) is 0 Å². The normalized spacial score (nSPS) is 9.48.